The van der Waals surface area contributed by atoms with Crippen molar-refractivity contribution in [2.24, 2.45) is 5.73 Å². The van der Waals surface area contributed by atoms with Gasteiger partial charge in [0.25, 0.3) is 0 Å². The number of rotatable bonds is 7. The molecule has 22 heavy (non-hydrogen) atoms. The summed E-state index contributed by atoms with van der Waals surface area (Å²) in [5, 5.41) is 0. The van der Waals surface area contributed by atoms with Crippen LogP contribution in [0.4, 0.5) is 0 Å². The van der Waals surface area contributed by atoms with E-state index in [2.05, 4.69) is 4.98 Å². The molecule has 2 rings (SSSR count). The van der Waals surface area contributed by atoms with Crippen LogP contribution < -0.4 is 10.5 Å². The maximum absolute atomic E-state index is 11.5. The first kappa shape index (κ1) is 15.6. The number of ether oxygens (including phenoxy) is 2. The SMILES string of the molecule is CCO/C=C/c1cnc(OCc2ccccc2)cc1C(N)=O. The third kappa shape index (κ3) is 4.34. The minimum atomic E-state index is -0.539. The lowest BCUT2D eigenvalue weighted by atomic mass is 10.1. The van der Waals surface area contributed by atoms with Crippen LogP contribution in [0.5, 0.6) is 5.88 Å². The monoisotopic (exact) mass is 298 g/mol. The van der Waals surface area contributed by atoms with Gasteiger partial charge in [0.15, 0.2) is 0 Å². The molecule has 0 saturated carbocycles. The first-order chi connectivity index (χ1) is 10.7. The fourth-order valence-electron chi connectivity index (χ4n) is 1.82. The maximum atomic E-state index is 11.5. The summed E-state index contributed by atoms with van der Waals surface area (Å²) in [4.78, 5) is 15.7. The minimum absolute atomic E-state index is 0.342. The molecule has 0 aliphatic carbocycles. The van der Waals surface area contributed by atoms with Crippen LogP contribution in [0.1, 0.15) is 28.4 Å². The summed E-state index contributed by atoms with van der Waals surface area (Å²) >= 11 is 0. The van der Waals surface area contributed by atoms with Gasteiger partial charge in [-0.15, -0.1) is 0 Å². The highest BCUT2D eigenvalue weighted by atomic mass is 16.5. The van der Waals surface area contributed by atoms with Crippen LogP contribution in [0.15, 0.2) is 48.9 Å². The molecule has 5 nitrogen and oxygen atoms in total. The number of carbonyl (C=O) groups is 1. The molecule has 0 atom stereocenters. The normalized spacial score (nSPS) is 10.6. The van der Waals surface area contributed by atoms with E-state index in [4.69, 9.17) is 15.2 Å². The summed E-state index contributed by atoms with van der Waals surface area (Å²) < 4.78 is 10.7. The number of nitrogens with zero attached hydrogens (tertiary/aromatic N) is 1. The molecule has 0 spiro atoms. The van der Waals surface area contributed by atoms with Crippen LogP contribution in [-0.4, -0.2) is 17.5 Å². The number of hydrogen-bond acceptors (Lipinski definition) is 4. The number of primary amides is 1. The number of aromatic nitrogens is 1. The third-order valence-electron chi connectivity index (χ3n) is 2.92. The summed E-state index contributed by atoms with van der Waals surface area (Å²) in [5.41, 5.74) is 7.35. The Bertz CT molecular complexity index is 654. The van der Waals surface area contributed by atoms with Gasteiger partial charge in [0.05, 0.1) is 18.4 Å². The van der Waals surface area contributed by atoms with Crippen molar-refractivity contribution in [1.29, 1.82) is 0 Å². The Morgan fingerprint density at radius 2 is 2.09 bits per heavy atom. The summed E-state index contributed by atoms with van der Waals surface area (Å²) in [7, 11) is 0. The third-order valence-corrected chi connectivity index (χ3v) is 2.92. The van der Waals surface area contributed by atoms with Gasteiger partial charge in [-0.1, -0.05) is 30.3 Å². The van der Waals surface area contributed by atoms with Crippen molar-refractivity contribution >= 4 is 12.0 Å². The zero-order chi connectivity index (χ0) is 15.8. The van der Waals surface area contributed by atoms with Crippen molar-refractivity contribution in [3.05, 3.63) is 65.5 Å². The molecule has 0 aliphatic heterocycles. The van der Waals surface area contributed by atoms with Crippen LogP contribution in [0.3, 0.4) is 0 Å². The minimum Gasteiger partial charge on any atom is -0.501 e. The van der Waals surface area contributed by atoms with Gasteiger partial charge in [-0.25, -0.2) is 4.98 Å². The molecular weight excluding hydrogens is 280 g/mol. The second-order valence-electron chi connectivity index (χ2n) is 4.51. The topological polar surface area (TPSA) is 74.4 Å². The lowest BCUT2D eigenvalue weighted by Gasteiger charge is -2.08. The van der Waals surface area contributed by atoms with Gasteiger partial charge in [-0.05, 0) is 18.6 Å². The lowest BCUT2D eigenvalue weighted by Crippen LogP contribution is -2.13. The van der Waals surface area contributed by atoms with E-state index in [1.54, 1.807) is 6.08 Å². The van der Waals surface area contributed by atoms with Gasteiger partial charge in [0.1, 0.15) is 6.61 Å². The predicted molar refractivity (Wildman–Crippen MR) is 84.2 cm³/mol. The fraction of sp³-hybridized carbons (Fsp3) is 0.176. The molecule has 0 saturated heterocycles. The number of amides is 1. The first-order valence-corrected chi connectivity index (χ1v) is 6.95. The van der Waals surface area contributed by atoms with Crippen molar-refractivity contribution < 1.29 is 14.3 Å². The Morgan fingerprint density at radius 1 is 1.32 bits per heavy atom. The lowest BCUT2D eigenvalue weighted by molar-refractivity contribution is 0.0999. The number of hydrogen-bond donors (Lipinski definition) is 1. The zero-order valence-corrected chi connectivity index (χ0v) is 12.4. The predicted octanol–water partition coefficient (Wildman–Crippen LogP) is 2.77. The molecule has 114 valence electrons. The van der Waals surface area contributed by atoms with E-state index in [9.17, 15) is 4.79 Å². The van der Waals surface area contributed by atoms with E-state index < -0.39 is 5.91 Å². The Kier molecular flexibility index (Phi) is 5.54. The summed E-state index contributed by atoms with van der Waals surface area (Å²) in [6.07, 6.45) is 4.70. The largest absolute Gasteiger partial charge is 0.501 e. The standard InChI is InChI=1S/C17H18N2O3/c1-2-21-9-8-14-11-19-16(10-15(14)17(18)20)22-12-13-6-4-3-5-7-13/h3-11H,2,12H2,1H3,(H2,18,20)/b9-8+. The van der Waals surface area contributed by atoms with E-state index in [1.165, 1.54) is 18.5 Å². The van der Waals surface area contributed by atoms with Crippen molar-refractivity contribution in [3.8, 4) is 5.88 Å². The molecule has 2 aromatic rings. The number of benzene rings is 1. The van der Waals surface area contributed by atoms with E-state index in [0.29, 0.717) is 30.2 Å². The van der Waals surface area contributed by atoms with Gasteiger partial charge < -0.3 is 15.2 Å². The molecule has 2 N–H and O–H groups in total. The van der Waals surface area contributed by atoms with Crippen molar-refractivity contribution in [2.75, 3.05) is 6.61 Å². The van der Waals surface area contributed by atoms with Crippen LogP contribution >= 0.6 is 0 Å². The van der Waals surface area contributed by atoms with Crippen molar-refractivity contribution in [1.82, 2.24) is 4.98 Å². The average Bonchev–Trinajstić information content (AvgIpc) is 2.54. The Labute approximate surface area is 129 Å². The molecule has 1 amide bonds. The van der Waals surface area contributed by atoms with Crippen molar-refractivity contribution in [2.45, 2.75) is 13.5 Å². The van der Waals surface area contributed by atoms with E-state index >= 15 is 0 Å². The number of nitrogens with two attached hydrogens (primary N) is 1. The second-order valence-corrected chi connectivity index (χ2v) is 4.51. The van der Waals surface area contributed by atoms with Gasteiger partial charge >= 0.3 is 0 Å². The molecule has 0 aliphatic rings. The molecule has 1 heterocycles. The fourth-order valence-corrected chi connectivity index (χ4v) is 1.82. The van der Waals surface area contributed by atoms with Gasteiger partial charge in [-0.2, -0.15) is 0 Å². The average molecular weight is 298 g/mol. The van der Waals surface area contributed by atoms with Crippen LogP contribution in [0, 0.1) is 0 Å². The molecule has 0 unspecified atom stereocenters. The van der Waals surface area contributed by atoms with Crippen LogP contribution in [0.2, 0.25) is 0 Å². The molecule has 1 aromatic heterocycles. The quantitative estimate of drug-likeness (QED) is 0.798. The molecule has 0 bridgehead atoms. The first-order valence-electron chi connectivity index (χ1n) is 6.95. The smallest absolute Gasteiger partial charge is 0.249 e. The molecule has 5 heteroatoms. The maximum Gasteiger partial charge on any atom is 0.249 e. The summed E-state index contributed by atoms with van der Waals surface area (Å²) in [6, 6.07) is 11.2. The van der Waals surface area contributed by atoms with Crippen LogP contribution in [-0.2, 0) is 11.3 Å². The molecule has 0 fully saturated rings. The summed E-state index contributed by atoms with van der Waals surface area (Å²) in [5.74, 6) is -0.186. The van der Waals surface area contributed by atoms with Gasteiger partial charge in [0.2, 0.25) is 11.8 Å². The van der Waals surface area contributed by atoms with E-state index in [0.717, 1.165) is 5.56 Å². The second kappa shape index (κ2) is 7.83. The highest BCUT2D eigenvalue weighted by Gasteiger charge is 2.09. The number of pyridine rings is 1. The van der Waals surface area contributed by atoms with E-state index in [-0.39, 0.29) is 0 Å². The summed E-state index contributed by atoms with van der Waals surface area (Å²) in [6.45, 7) is 2.80. The number of carbonyl (C=O) groups excluding carboxylic acids is 1. The highest BCUT2D eigenvalue weighted by Crippen LogP contribution is 2.17. The molecule has 0 radical (unpaired) electrons. The highest BCUT2D eigenvalue weighted by molar-refractivity contribution is 5.96. The van der Waals surface area contributed by atoms with Crippen molar-refractivity contribution in [3.63, 3.8) is 0 Å². The molecule has 1 aromatic carbocycles. The Balaban J connectivity index is 2.13. The Hall–Kier alpha value is -2.82. The van der Waals surface area contributed by atoms with E-state index in [1.807, 2.05) is 37.3 Å². The van der Waals surface area contributed by atoms with Gasteiger partial charge in [-0.3, -0.25) is 4.79 Å². The molecular formula is C17H18N2O3. The van der Waals surface area contributed by atoms with Gasteiger partial charge in [0, 0.05) is 17.8 Å². The Morgan fingerprint density at radius 3 is 2.77 bits per heavy atom. The van der Waals surface area contributed by atoms with Crippen LogP contribution in [0.25, 0.3) is 6.08 Å². The zero-order valence-electron chi connectivity index (χ0n) is 12.4.